The summed E-state index contributed by atoms with van der Waals surface area (Å²) < 4.78 is 7.63. The van der Waals surface area contributed by atoms with Crippen molar-refractivity contribution in [3.8, 4) is 5.75 Å². The van der Waals surface area contributed by atoms with Crippen molar-refractivity contribution in [3.05, 3.63) is 98.3 Å². The van der Waals surface area contributed by atoms with Crippen molar-refractivity contribution in [2.75, 3.05) is 5.32 Å². The van der Waals surface area contributed by atoms with Gasteiger partial charge in [0.05, 0.1) is 11.4 Å². The fourth-order valence-electron chi connectivity index (χ4n) is 3.01. The Labute approximate surface area is 190 Å². The van der Waals surface area contributed by atoms with Crippen molar-refractivity contribution in [2.24, 2.45) is 0 Å². The standard InChI is InChI=1S/C24H22ClN3O2S/c1-16-3-8-21(11-17(16)2)30-14-19-12-22(31-15-19)24(29)26-23-9-10-28(27-23)13-18-4-6-20(25)7-5-18/h3-12,15H,13-14H2,1-2H3,(H,26,27,29). The summed E-state index contributed by atoms with van der Waals surface area (Å²) in [6, 6.07) is 17.3. The lowest BCUT2D eigenvalue weighted by Crippen LogP contribution is -2.11. The lowest BCUT2D eigenvalue weighted by atomic mass is 10.1. The average molecular weight is 452 g/mol. The van der Waals surface area contributed by atoms with Crippen molar-refractivity contribution >= 4 is 34.7 Å². The van der Waals surface area contributed by atoms with Gasteiger partial charge >= 0.3 is 0 Å². The Morgan fingerprint density at radius 3 is 2.65 bits per heavy atom. The van der Waals surface area contributed by atoms with Crippen LogP contribution in [0.3, 0.4) is 0 Å². The van der Waals surface area contributed by atoms with Gasteiger partial charge in [0.2, 0.25) is 0 Å². The maximum atomic E-state index is 12.6. The topological polar surface area (TPSA) is 56.1 Å². The molecule has 0 saturated carbocycles. The van der Waals surface area contributed by atoms with Gasteiger partial charge in [-0.1, -0.05) is 29.8 Å². The Bertz CT molecular complexity index is 1200. The number of amides is 1. The van der Waals surface area contributed by atoms with E-state index in [1.165, 1.54) is 22.5 Å². The third kappa shape index (κ3) is 5.54. The zero-order chi connectivity index (χ0) is 21.8. The molecule has 1 amide bonds. The van der Waals surface area contributed by atoms with Gasteiger partial charge in [-0.2, -0.15) is 5.10 Å². The molecule has 0 aliphatic rings. The van der Waals surface area contributed by atoms with Gasteiger partial charge < -0.3 is 10.1 Å². The second-order valence-corrected chi connectivity index (χ2v) is 8.68. The molecule has 2 aromatic heterocycles. The van der Waals surface area contributed by atoms with Crippen LogP contribution in [-0.4, -0.2) is 15.7 Å². The van der Waals surface area contributed by atoms with Crippen LogP contribution in [0, 0.1) is 13.8 Å². The quantitative estimate of drug-likeness (QED) is 0.369. The Morgan fingerprint density at radius 1 is 1.06 bits per heavy atom. The van der Waals surface area contributed by atoms with Gasteiger partial charge in [-0.25, -0.2) is 0 Å². The van der Waals surface area contributed by atoms with E-state index in [0.29, 0.717) is 28.9 Å². The number of aryl methyl sites for hydroxylation is 2. The third-order valence-electron chi connectivity index (χ3n) is 4.90. The highest BCUT2D eigenvalue weighted by Gasteiger charge is 2.12. The smallest absolute Gasteiger partial charge is 0.266 e. The Balaban J connectivity index is 1.33. The molecule has 0 radical (unpaired) electrons. The molecule has 0 unspecified atom stereocenters. The van der Waals surface area contributed by atoms with Crippen LogP contribution < -0.4 is 10.1 Å². The predicted molar refractivity (Wildman–Crippen MR) is 125 cm³/mol. The Morgan fingerprint density at radius 2 is 1.87 bits per heavy atom. The van der Waals surface area contributed by atoms with E-state index < -0.39 is 0 Å². The summed E-state index contributed by atoms with van der Waals surface area (Å²) in [5.41, 5.74) is 4.47. The minimum atomic E-state index is -0.181. The maximum absolute atomic E-state index is 12.6. The molecular weight excluding hydrogens is 430 g/mol. The number of anilines is 1. The highest BCUT2D eigenvalue weighted by atomic mass is 35.5. The summed E-state index contributed by atoms with van der Waals surface area (Å²) >= 11 is 7.31. The Kier molecular flexibility index (Phi) is 6.39. The number of aromatic nitrogens is 2. The van der Waals surface area contributed by atoms with E-state index in [9.17, 15) is 4.79 Å². The number of nitrogens with one attached hydrogen (secondary N) is 1. The minimum Gasteiger partial charge on any atom is -0.489 e. The van der Waals surface area contributed by atoms with Crippen molar-refractivity contribution in [2.45, 2.75) is 27.0 Å². The summed E-state index contributed by atoms with van der Waals surface area (Å²) in [7, 11) is 0. The predicted octanol–water partition coefficient (Wildman–Crippen LogP) is 6.09. The maximum Gasteiger partial charge on any atom is 0.266 e. The number of rotatable bonds is 7. The van der Waals surface area contributed by atoms with Crippen molar-refractivity contribution < 1.29 is 9.53 Å². The molecule has 0 aliphatic carbocycles. The van der Waals surface area contributed by atoms with Crippen molar-refractivity contribution in [1.29, 1.82) is 0 Å². The average Bonchev–Trinajstić information content (AvgIpc) is 3.40. The van der Waals surface area contributed by atoms with Gasteiger partial charge in [0.25, 0.3) is 5.91 Å². The van der Waals surface area contributed by atoms with Gasteiger partial charge in [0.15, 0.2) is 5.82 Å². The fraction of sp³-hybridized carbons (Fsp3) is 0.167. The second kappa shape index (κ2) is 9.37. The SMILES string of the molecule is Cc1ccc(OCc2csc(C(=O)Nc3ccn(Cc4ccc(Cl)cc4)n3)c2)cc1C. The number of hydrogen-bond acceptors (Lipinski definition) is 4. The van der Waals surface area contributed by atoms with Gasteiger partial charge in [-0.3, -0.25) is 9.48 Å². The number of carbonyl (C=O) groups excluding carboxylic acids is 1. The molecule has 158 valence electrons. The number of ether oxygens (including phenoxy) is 1. The third-order valence-corrected chi connectivity index (χ3v) is 6.13. The minimum absolute atomic E-state index is 0.181. The van der Waals surface area contributed by atoms with Crippen LogP contribution >= 0.6 is 22.9 Å². The summed E-state index contributed by atoms with van der Waals surface area (Å²) in [6.45, 7) is 5.16. The first-order chi connectivity index (χ1) is 15.0. The van der Waals surface area contributed by atoms with E-state index in [1.54, 1.807) is 10.7 Å². The highest BCUT2D eigenvalue weighted by Crippen LogP contribution is 2.21. The summed E-state index contributed by atoms with van der Waals surface area (Å²) in [5, 5.41) is 9.92. The summed E-state index contributed by atoms with van der Waals surface area (Å²) in [5.74, 6) is 1.16. The molecule has 0 spiro atoms. The molecule has 0 bridgehead atoms. The lowest BCUT2D eigenvalue weighted by Gasteiger charge is -2.07. The normalized spacial score (nSPS) is 10.8. The lowest BCUT2D eigenvalue weighted by molar-refractivity contribution is 0.103. The molecule has 4 rings (SSSR count). The number of halogens is 1. The van der Waals surface area contributed by atoms with Gasteiger partial charge in [0.1, 0.15) is 12.4 Å². The van der Waals surface area contributed by atoms with Crippen molar-refractivity contribution in [3.63, 3.8) is 0 Å². The first-order valence-electron chi connectivity index (χ1n) is 9.83. The van der Waals surface area contributed by atoms with E-state index in [2.05, 4.69) is 24.3 Å². The van der Waals surface area contributed by atoms with Crippen LogP contribution in [0.2, 0.25) is 5.02 Å². The largest absolute Gasteiger partial charge is 0.489 e. The van der Waals surface area contributed by atoms with Crippen LogP contribution in [0.15, 0.2) is 66.2 Å². The number of hydrogen-bond donors (Lipinski definition) is 1. The molecule has 2 heterocycles. The van der Waals surface area contributed by atoms with Gasteiger partial charge in [-0.05, 0) is 66.2 Å². The summed E-state index contributed by atoms with van der Waals surface area (Å²) in [6.07, 6.45) is 1.83. The molecule has 2 aromatic carbocycles. The molecule has 0 aliphatic heterocycles. The number of benzene rings is 2. The zero-order valence-corrected chi connectivity index (χ0v) is 18.8. The molecule has 31 heavy (non-hydrogen) atoms. The molecule has 1 N–H and O–H groups in total. The van der Waals surface area contributed by atoms with E-state index in [-0.39, 0.29) is 5.91 Å². The van der Waals surface area contributed by atoms with Crippen LogP contribution in [0.1, 0.15) is 31.9 Å². The molecule has 5 nitrogen and oxygen atoms in total. The monoisotopic (exact) mass is 451 g/mol. The number of nitrogens with zero attached hydrogens (tertiary/aromatic N) is 2. The van der Waals surface area contributed by atoms with Crippen LogP contribution in [-0.2, 0) is 13.2 Å². The second-order valence-electron chi connectivity index (χ2n) is 7.33. The van der Waals surface area contributed by atoms with Crippen LogP contribution in [0.5, 0.6) is 5.75 Å². The van der Waals surface area contributed by atoms with E-state index >= 15 is 0 Å². The Hall–Kier alpha value is -3.09. The first-order valence-corrected chi connectivity index (χ1v) is 11.1. The van der Waals surface area contributed by atoms with E-state index in [0.717, 1.165) is 16.9 Å². The van der Waals surface area contributed by atoms with Gasteiger partial charge in [-0.15, -0.1) is 11.3 Å². The fourth-order valence-corrected chi connectivity index (χ4v) is 3.93. The molecule has 7 heteroatoms. The van der Waals surface area contributed by atoms with Gasteiger partial charge in [0, 0.05) is 22.8 Å². The summed E-state index contributed by atoms with van der Waals surface area (Å²) in [4.78, 5) is 13.2. The molecule has 0 fully saturated rings. The van der Waals surface area contributed by atoms with E-state index in [4.69, 9.17) is 16.3 Å². The molecule has 0 saturated heterocycles. The number of carbonyl (C=O) groups is 1. The van der Waals surface area contributed by atoms with Crippen LogP contribution in [0.25, 0.3) is 0 Å². The first kappa shape index (κ1) is 21.2. The molecule has 4 aromatic rings. The van der Waals surface area contributed by atoms with Crippen LogP contribution in [0.4, 0.5) is 5.82 Å². The van der Waals surface area contributed by atoms with E-state index in [1.807, 2.05) is 60.1 Å². The highest BCUT2D eigenvalue weighted by molar-refractivity contribution is 7.12. The number of thiophene rings is 1. The molecule has 0 atom stereocenters. The van der Waals surface area contributed by atoms with Crippen molar-refractivity contribution in [1.82, 2.24) is 9.78 Å². The zero-order valence-electron chi connectivity index (χ0n) is 17.3. The molecular formula is C24H22ClN3O2S.